The number of nitrogens with one attached hydrogen (secondary N) is 1. The number of hydrazone groups is 1. The number of nitrogens with zero attached hydrogens (tertiary/aromatic N) is 3. The Morgan fingerprint density at radius 2 is 2.37 bits per heavy atom. The molecule has 0 bridgehead atoms. The van der Waals surface area contributed by atoms with Crippen molar-refractivity contribution in [3.63, 3.8) is 0 Å². The summed E-state index contributed by atoms with van der Waals surface area (Å²) in [6.07, 6.45) is 1.31. The Balaban J connectivity index is 2.18. The van der Waals surface area contributed by atoms with E-state index in [9.17, 15) is 10.1 Å². The molecule has 0 atom stereocenters. The van der Waals surface area contributed by atoms with E-state index < -0.39 is 4.92 Å². The SMILES string of the molecule is Nc1csc(NN=Cc2cc(Cl)ccc2[N+](=O)[O-])n1. The highest BCUT2D eigenvalue weighted by Crippen LogP contribution is 2.21. The summed E-state index contributed by atoms with van der Waals surface area (Å²) in [7, 11) is 0. The van der Waals surface area contributed by atoms with E-state index in [-0.39, 0.29) is 5.69 Å². The molecule has 19 heavy (non-hydrogen) atoms. The van der Waals surface area contributed by atoms with Crippen molar-refractivity contribution in [3.05, 3.63) is 44.3 Å². The van der Waals surface area contributed by atoms with Crippen LogP contribution in [0.4, 0.5) is 16.6 Å². The van der Waals surface area contributed by atoms with E-state index in [1.165, 1.54) is 35.8 Å². The van der Waals surface area contributed by atoms with Gasteiger partial charge in [0.25, 0.3) is 5.69 Å². The van der Waals surface area contributed by atoms with Crippen LogP contribution in [0.5, 0.6) is 0 Å². The Bertz CT molecular complexity index is 643. The molecule has 0 radical (unpaired) electrons. The van der Waals surface area contributed by atoms with Gasteiger partial charge in [0.1, 0.15) is 5.82 Å². The minimum atomic E-state index is -0.501. The van der Waals surface area contributed by atoms with Crippen LogP contribution in [0.3, 0.4) is 0 Å². The van der Waals surface area contributed by atoms with Crippen molar-refractivity contribution >= 4 is 45.8 Å². The molecule has 98 valence electrons. The van der Waals surface area contributed by atoms with Crippen molar-refractivity contribution in [2.75, 3.05) is 11.2 Å². The van der Waals surface area contributed by atoms with Crippen LogP contribution < -0.4 is 11.2 Å². The number of nitro groups is 1. The van der Waals surface area contributed by atoms with E-state index in [2.05, 4.69) is 15.5 Å². The van der Waals surface area contributed by atoms with Crippen LogP contribution in [0.2, 0.25) is 5.02 Å². The van der Waals surface area contributed by atoms with Crippen molar-refractivity contribution in [1.82, 2.24) is 4.98 Å². The maximum atomic E-state index is 10.8. The predicted octanol–water partition coefficient (Wildman–Crippen LogP) is 2.73. The first-order valence-corrected chi connectivity index (χ1v) is 6.26. The van der Waals surface area contributed by atoms with E-state index in [1.54, 1.807) is 5.38 Å². The molecular formula is C10H8ClN5O2S. The molecule has 2 rings (SSSR count). The van der Waals surface area contributed by atoms with Gasteiger partial charge in [-0.15, -0.1) is 11.3 Å². The van der Waals surface area contributed by atoms with Crippen molar-refractivity contribution in [3.8, 4) is 0 Å². The number of nitrogen functional groups attached to an aromatic ring is 1. The number of benzene rings is 1. The molecule has 0 fully saturated rings. The third-order valence-electron chi connectivity index (χ3n) is 2.07. The van der Waals surface area contributed by atoms with E-state index in [0.717, 1.165) is 0 Å². The first-order valence-electron chi connectivity index (χ1n) is 5.00. The summed E-state index contributed by atoms with van der Waals surface area (Å²) in [5, 5.41) is 17.2. The average molecular weight is 298 g/mol. The Morgan fingerprint density at radius 3 is 3.00 bits per heavy atom. The molecule has 0 spiro atoms. The van der Waals surface area contributed by atoms with Crippen molar-refractivity contribution in [2.24, 2.45) is 5.10 Å². The van der Waals surface area contributed by atoms with Crippen molar-refractivity contribution in [1.29, 1.82) is 0 Å². The monoisotopic (exact) mass is 297 g/mol. The minimum absolute atomic E-state index is 0.0754. The van der Waals surface area contributed by atoms with Gasteiger partial charge >= 0.3 is 0 Å². The van der Waals surface area contributed by atoms with Gasteiger partial charge in [-0.25, -0.2) is 4.98 Å². The Kier molecular flexibility index (Phi) is 3.93. The number of halogens is 1. The van der Waals surface area contributed by atoms with Crippen LogP contribution in [0, 0.1) is 10.1 Å². The third kappa shape index (κ3) is 3.39. The highest BCUT2D eigenvalue weighted by atomic mass is 35.5. The fourth-order valence-corrected chi connectivity index (χ4v) is 2.02. The molecule has 0 aliphatic rings. The van der Waals surface area contributed by atoms with Crippen LogP contribution in [-0.4, -0.2) is 16.1 Å². The normalized spacial score (nSPS) is 10.8. The zero-order valence-corrected chi connectivity index (χ0v) is 11.0. The summed E-state index contributed by atoms with van der Waals surface area (Å²) in [5.74, 6) is 0.386. The maximum Gasteiger partial charge on any atom is 0.278 e. The van der Waals surface area contributed by atoms with Crippen LogP contribution >= 0.6 is 22.9 Å². The Hall–Kier alpha value is -2.19. The lowest BCUT2D eigenvalue weighted by Crippen LogP contribution is -1.96. The molecule has 1 heterocycles. The molecule has 0 aliphatic heterocycles. The first-order chi connectivity index (χ1) is 9.06. The molecule has 1 aromatic heterocycles. The molecule has 0 saturated heterocycles. The summed E-state index contributed by atoms with van der Waals surface area (Å²) in [6.45, 7) is 0. The first kappa shape index (κ1) is 13.2. The third-order valence-corrected chi connectivity index (χ3v) is 3.07. The highest BCUT2D eigenvalue weighted by Gasteiger charge is 2.11. The Morgan fingerprint density at radius 1 is 1.58 bits per heavy atom. The number of nitrogens with two attached hydrogens (primary N) is 1. The lowest BCUT2D eigenvalue weighted by molar-refractivity contribution is -0.385. The number of thiazole rings is 1. The summed E-state index contributed by atoms with van der Waals surface area (Å²) in [4.78, 5) is 14.3. The van der Waals surface area contributed by atoms with E-state index >= 15 is 0 Å². The number of aromatic nitrogens is 1. The smallest absolute Gasteiger partial charge is 0.278 e. The van der Waals surface area contributed by atoms with Gasteiger partial charge in [-0.3, -0.25) is 15.5 Å². The fraction of sp³-hybridized carbons (Fsp3) is 0. The molecule has 2 aromatic rings. The van der Waals surface area contributed by atoms with Gasteiger partial charge < -0.3 is 5.73 Å². The summed E-state index contributed by atoms with van der Waals surface area (Å²) in [6, 6.07) is 4.23. The van der Waals surface area contributed by atoms with Gasteiger partial charge in [-0.05, 0) is 12.1 Å². The number of anilines is 2. The van der Waals surface area contributed by atoms with E-state index in [1.807, 2.05) is 0 Å². The topological polar surface area (TPSA) is 106 Å². The summed E-state index contributed by atoms with van der Waals surface area (Å²) >= 11 is 7.07. The van der Waals surface area contributed by atoms with Crippen molar-refractivity contribution in [2.45, 2.75) is 0 Å². The lowest BCUT2D eigenvalue weighted by Gasteiger charge is -1.98. The zero-order chi connectivity index (χ0) is 13.8. The second kappa shape index (κ2) is 5.63. The molecule has 0 amide bonds. The minimum Gasteiger partial charge on any atom is -0.383 e. The lowest BCUT2D eigenvalue weighted by atomic mass is 10.2. The molecule has 3 N–H and O–H groups in total. The summed E-state index contributed by atoms with van der Waals surface area (Å²) < 4.78 is 0. The van der Waals surface area contributed by atoms with Crippen molar-refractivity contribution < 1.29 is 4.92 Å². The molecule has 0 saturated carbocycles. The van der Waals surface area contributed by atoms with Gasteiger partial charge in [0.05, 0.1) is 16.7 Å². The van der Waals surface area contributed by atoms with E-state index in [0.29, 0.717) is 21.5 Å². The molecule has 1 aromatic carbocycles. The van der Waals surface area contributed by atoms with Gasteiger partial charge in [-0.1, -0.05) is 11.6 Å². The van der Waals surface area contributed by atoms with Gasteiger partial charge in [0.2, 0.25) is 5.13 Å². The van der Waals surface area contributed by atoms with Gasteiger partial charge in [-0.2, -0.15) is 5.10 Å². The van der Waals surface area contributed by atoms with Crippen LogP contribution in [0.1, 0.15) is 5.56 Å². The molecule has 0 aliphatic carbocycles. The average Bonchev–Trinajstić information content (AvgIpc) is 2.75. The van der Waals surface area contributed by atoms with Gasteiger partial charge in [0.15, 0.2) is 0 Å². The largest absolute Gasteiger partial charge is 0.383 e. The van der Waals surface area contributed by atoms with E-state index in [4.69, 9.17) is 17.3 Å². The quantitative estimate of drug-likeness (QED) is 0.512. The Labute approximate surface area is 116 Å². The fourth-order valence-electron chi connectivity index (χ4n) is 1.29. The predicted molar refractivity (Wildman–Crippen MR) is 75.8 cm³/mol. The summed E-state index contributed by atoms with van der Waals surface area (Å²) in [5.41, 5.74) is 8.30. The second-order valence-corrected chi connectivity index (χ2v) is 4.70. The standard InChI is InChI=1S/C10H8ClN5O2S/c11-7-1-2-8(16(17)18)6(3-7)4-13-15-10-14-9(12)5-19-10/h1-5H,12H2,(H,14,15). The van der Waals surface area contributed by atoms with Crippen LogP contribution in [0.15, 0.2) is 28.7 Å². The van der Waals surface area contributed by atoms with Crippen LogP contribution in [-0.2, 0) is 0 Å². The van der Waals surface area contributed by atoms with Crippen LogP contribution in [0.25, 0.3) is 0 Å². The molecule has 9 heteroatoms. The number of rotatable bonds is 4. The maximum absolute atomic E-state index is 10.8. The zero-order valence-electron chi connectivity index (χ0n) is 9.41. The number of hydrogen-bond donors (Lipinski definition) is 2. The highest BCUT2D eigenvalue weighted by molar-refractivity contribution is 7.14. The molecular weight excluding hydrogens is 290 g/mol. The molecule has 7 nitrogen and oxygen atoms in total. The second-order valence-electron chi connectivity index (χ2n) is 3.41. The molecule has 0 unspecified atom stereocenters. The van der Waals surface area contributed by atoms with Gasteiger partial charge in [0, 0.05) is 16.5 Å². The number of hydrogen-bond acceptors (Lipinski definition) is 7. The number of nitro benzene ring substituents is 1.